The molecule has 0 N–H and O–H groups in total. The molecule has 0 bridgehead atoms. The van der Waals surface area contributed by atoms with Crippen LogP contribution in [-0.4, -0.2) is 47.5 Å². The molecule has 2 atom stereocenters. The molecule has 3 nitrogen and oxygen atoms in total. The summed E-state index contributed by atoms with van der Waals surface area (Å²) in [5.74, 6) is 1.27. The van der Waals surface area contributed by atoms with Crippen molar-refractivity contribution in [1.29, 1.82) is 0 Å². The van der Waals surface area contributed by atoms with E-state index in [1.807, 2.05) is 43.9 Å². The fourth-order valence-electron chi connectivity index (χ4n) is 3.31. The van der Waals surface area contributed by atoms with Crippen molar-refractivity contribution in [1.82, 2.24) is 5.01 Å². The number of nitrogens with zero attached hydrogens (tertiary/aromatic N) is 2. The van der Waals surface area contributed by atoms with Crippen molar-refractivity contribution in [3.05, 3.63) is 63.7 Å². The van der Waals surface area contributed by atoms with Crippen molar-refractivity contribution >= 4 is 17.5 Å². The van der Waals surface area contributed by atoms with Crippen LogP contribution >= 0.6 is 11.8 Å². The molecule has 1 aliphatic heterocycles. The topological polar surface area (TPSA) is 24.8 Å². The first-order valence-electron chi connectivity index (χ1n) is 10.0. The Morgan fingerprint density at radius 2 is 1.75 bits per heavy atom. The van der Waals surface area contributed by atoms with Crippen molar-refractivity contribution in [2.24, 2.45) is 5.10 Å². The van der Waals surface area contributed by atoms with E-state index in [-0.39, 0.29) is 17.1 Å². The molecule has 0 aromatic carbocycles. The summed E-state index contributed by atoms with van der Waals surface area (Å²) in [4.78, 5) is 0. The minimum atomic E-state index is 0. The first-order valence-corrected chi connectivity index (χ1v) is 11.0. The van der Waals surface area contributed by atoms with Gasteiger partial charge in [0.25, 0.3) is 0 Å². The first kappa shape index (κ1) is 26.3. The Balaban J connectivity index is 0.000000567. The van der Waals surface area contributed by atoms with E-state index in [9.17, 15) is 0 Å². The van der Waals surface area contributed by atoms with Crippen LogP contribution in [0.5, 0.6) is 0 Å². The molecule has 2 saturated carbocycles. The number of ether oxygens (including phenoxy) is 1. The van der Waals surface area contributed by atoms with E-state index in [1.54, 1.807) is 7.11 Å². The zero-order valence-electron chi connectivity index (χ0n) is 17.5. The molecule has 2 aliphatic carbocycles. The molecule has 0 spiro atoms. The maximum absolute atomic E-state index is 5.36. The monoisotopic (exact) mass is 442 g/mol. The molecule has 3 rings (SSSR count). The van der Waals surface area contributed by atoms with Crippen LogP contribution in [0.25, 0.3) is 0 Å². The van der Waals surface area contributed by atoms with Crippen LogP contribution in [0.3, 0.4) is 0 Å². The average molecular weight is 442 g/mol. The summed E-state index contributed by atoms with van der Waals surface area (Å²) in [5, 5.41) is 8.41. The van der Waals surface area contributed by atoms with Crippen LogP contribution in [0.1, 0.15) is 40.0 Å². The number of hydrogen-bond acceptors (Lipinski definition) is 4. The molecule has 28 heavy (non-hydrogen) atoms. The molecule has 0 amide bonds. The molecule has 5 heteroatoms. The van der Waals surface area contributed by atoms with Crippen molar-refractivity contribution in [2.75, 3.05) is 20.3 Å². The second-order valence-electron chi connectivity index (χ2n) is 7.12. The summed E-state index contributed by atoms with van der Waals surface area (Å²) in [6, 6.07) is 0.427. The van der Waals surface area contributed by atoms with E-state index < -0.39 is 0 Å². The van der Waals surface area contributed by atoms with Crippen LogP contribution in [0.4, 0.5) is 0 Å². The molecule has 154 valence electrons. The van der Waals surface area contributed by atoms with Crippen LogP contribution in [0, 0.1) is 63.7 Å². The third kappa shape index (κ3) is 8.98. The van der Waals surface area contributed by atoms with Gasteiger partial charge < -0.3 is 4.74 Å². The molecule has 1 saturated heterocycles. The second kappa shape index (κ2) is 15.2. The van der Waals surface area contributed by atoms with E-state index in [2.05, 4.69) is 51.5 Å². The van der Waals surface area contributed by atoms with Crippen molar-refractivity contribution in [2.45, 2.75) is 56.6 Å². The van der Waals surface area contributed by atoms with Crippen molar-refractivity contribution < 1.29 is 21.8 Å². The second-order valence-corrected chi connectivity index (χ2v) is 8.90. The van der Waals surface area contributed by atoms with Crippen molar-refractivity contribution in [3.63, 3.8) is 0 Å². The maximum atomic E-state index is 5.36. The fourth-order valence-corrected chi connectivity index (χ4v) is 4.47. The van der Waals surface area contributed by atoms with Crippen molar-refractivity contribution in [3.8, 4) is 0 Å². The molecule has 0 aromatic rings. The van der Waals surface area contributed by atoms with Crippen LogP contribution in [0.2, 0.25) is 0 Å². The van der Waals surface area contributed by atoms with Crippen LogP contribution < -0.4 is 0 Å². The molecular formula is C23H34FeN2OS+2. The van der Waals surface area contributed by atoms with E-state index in [4.69, 9.17) is 9.84 Å². The fraction of sp³-hybridized carbons (Fsp3) is 0.522. The molecule has 1 heterocycles. The van der Waals surface area contributed by atoms with Gasteiger partial charge in [-0.05, 0) is 82.3 Å². The van der Waals surface area contributed by atoms with Gasteiger partial charge in [0.05, 0.1) is 18.4 Å². The van der Waals surface area contributed by atoms with Gasteiger partial charge in [0.15, 0.2) is 0 Å². The van der Waals surface area contributed by atoms with Gasteiger partial charge in [-0.25, -0.2) is 0 Å². The Kier molecular flexibility index (Phi) is 14.3. The number of hydrogen-bond donors (Lipinski definition) is 0. The predicted octanol–water partition coefficient (Wildman–Crippen LogP) is 4.80. The molecule has 3 aliphatic rings. The first-order chi connectivity index (χ1) is 13.2. The maximum Gasteiger partial charge on any atom is 2.00 e. The zero-order chi connectivity index (χ0) is 19.5. The standard InChI is InChI=1S/C18H29N2OS.C5H5.Fe/c1-5-17(22-14(2)3)18(15-9-6-7-10-15)19-20-12-8-11-16(20)13-21-4;1-2-4-5-3-1;/h6-7,9-10,14,16-17H,5,8,11-13H2,1-4H3;1-5H;/q;;+2/b19-18-;;/t16-,17+;;/m0../s1. The van der Waals surface area contributed by atoms with Gasteiger partial charge in [-0.1, -0.05) is 20.8 Å². The van der Waals surface area contributed by atoms with Gasteiger partial charge in [-0.15, -0.1) is 11.8 Å². The van der Waals surface area contributed by atoms with Gasteiger partial charge in [0.1, 0.15) is 0 Å². The predicted molar refractivity (Wildman–Crippen MR) is 118 cm³/mol. The Labute approximate surface area is 189 Å². The Bertz CT molecular complexity index is 415. The molecule has 10 radical (unpaired) electrons. The van der Waals surface area contributed by atoms with Gasteiger partial charge in [0.2, 0.25) is 0 Å². The van der Waals surface area contributed by atoms with Crippen LogP contribution in [0.15, 0.2) is 5.10 Å². The summed E-state index contributed by atoms with van der Waals surface area (Å²) in [6.45, 7) is 8.60. The molecular weight excluding hydrogens is 408 g/mol. The molecule has 0 unspecified atom stereocenters. The summed E-state index contributed by atoms with van der Waals surface area (Å²) >= 11 is 2.02. The van der Waals surface area contributed by atoms with E-state index in [1.165, 1.54) is 24.5 Å². The van der Waals surface area contributed by atoms with Gasteiger partial charge >= 0.3 is 17.1 Å². The smallest absolute Gasteiger partial charge is 0.382 e. The SMILES string of the molecule is CC[C@@H](SC(C)C)/C(=N\N1CCC[C@H]1COC)[C]1[CH][CH][CH][CH]1.[CH]1[CH][CH][CH][CH]1.[Fe+2]. The van der Waals surface area contributed by atoms with Gasteiger partial charge in [0, 0.05) is 24.8 Å². The number of hydrazone groups is 1. The zero-order valence-corrected chi connectivity index (χ0v) is 19.4. The Morgan fingerprint density at radius 3 is 2.25 bits per heavy atom. The van der Waals surface area contributed by atoms with E-state index in [0.717, 1.165) is 19.6 Å². The Morgan fingerprint density at radius 1 is 1.14 bits per heavy atom. The summed E-state index contributed by atoms with van der Waals surface area (Å²) in [5.41, 5.74) is 1.23. The average Bonchev–Trinajstić information content (AvgIpc) is 3.42. The largest absolute Gasteiger partial charge is 2.00 e. The van der Waals surface area contributed by atoms with Gasteiger partial charge in [-0.3, -0.25) is 5.01 Å². The number of methoxy groups -OCH3 is 1. The van der Waals surface area contributed by atoms with Crippen LogP contribution in [-0.2, 0) is 21.8 Å². The molecule has 3 fully saturated rings. The summed E-state index contributed by atoms with van der Waals surface area (Å²) in [7, 11) is 1.78. The van der Waals surface area contributed by atoms with E-state index >= 15 is 0 Å². The third-order valence-electron chi connectivity index (χ3n) is 4.57. The van der Waals surface area contributed by atoms with E-state index in [0.29, 0.717) is 16.5 Å². The molecule has 0 aromatic heterocycles. The minimum absolute atomic E-state index is 0. The number of thioether (sulfide) groups is 1. The summed E-state index contributed by atoms with van der Waals surface area (Å²) in [6.07, 6.45) is 22.1. The summed E-state index contributed by atoms with van der Waals surface area (Å²) < 4.78 is 5.36. The minimum Gasteiger partial charge on any atom is -0.382 e. The number of rotatable bonds is 8. The third-order valence-corrected chi connectivity index (χ3v) is 6.00. The van der Waals surface area contributed by atoms with Gasteiger partial charge in [-0.2, -0.15) is 5.10 Å². The normalized spacial score (nSPS) is 24.2. The Hall–Kier alpha value is 0.299. The quantitative estimate of drug-likeness (QED) is 0.399.